The topological polar surface area (TPSA) is 138 Å². The first-order chi connectivity index (χ1) is 19.5. The summed E-state index contributed by atoms with van der Waals surface area (Å²) in [5.41, 5.74) is 0. The third-order valence-electron chi connectivity index (χ3n) is 8.43. The summed E-state index contributed by atoms with van der Waals surface area (Å²) in [4.78, 5) is 10.4. The molecule has 3 aliphatic rings. The summed E-state index contributed by atoms with van der Waals surface area (Å²) in [5, 5.41) is 19.2. The van der Waals surface area contributed by atoms with Crippen LogP contribution in [0.25, 0.3) is 0 Å². The molecule has 300 valence electrons. The summed E-state index contributed by atoms with van der Waals surface area (Å²) in [6.45, 7) is 10.1. The maximum Gasteiger partial charge on any atom is 0.500 e. The molecule has 0 aromatic heterocycles. The molecule has 7 atom stereocenters. The van der Waals surface area contributed by atoms with Gasteiger partial charge in [0.2, 0.25) is 0 Å². The van der Waals surface area contributed by atoms with Crippen LogP contribution in [-0.2, 0) is 35.4 Å². The van der Waals surface area contributed by atoms with Crippen LogP contribution < -0.4 is 0 Å². The Hall–Kier alpha value is 0.428. The van der Waals surface area contributed by atoms with Gasteiger partial charge in [-0.15, -0.1) is 0 Å². The maximum absolute atomic E-state index is 10.4. The highest BCUT2D eigenvalue weighted by Crippen LogP contribution is 2.41. The van der Waals surface area contributed by atoms with Gasteiger partial charge in [-0.25, -0.2) is 0 Å². The number of aliphatic hydroxyl groups excluding tert-OH is 2. The standard InChI is InChI=1S/C12H28O5Si2.C11H22O4Si.C4H12O2Si.6CH4/c1-16-19(15,17-18(2,3)4)8-7-10-5-6-11(13)12(14)9-10;1-12-16(13-2,14-3)7-6-9-4-5-10-11(8-9)15-10;1-5-7(3,4)6-2;;;;;;/h10-15H,5-9H2,1-4H3;9-11H,4-8H2,1-3H3;1-4H3;6*1H4. The molecule has 11 nitrogen and oxygen atoms in total. The van der Waals surface area contributed by atoms with Gasteiger partial charge in [0.1, 0.15) is 0 Å². The molecule has 3 N–H and O–H groups in total. The van der Waals surface area contributed by atoms with Gasteiger partial charge in [0.15, 0.2) is 8.32 Å². The van der Waals surface area contributed by atoms with Crippen LogP contribution in [0.3, 0.4) is 0 Å². The number of aliphatic hydroxyl groups is 2. The van der Waals surface area contributed by atoms with Gasteiger partial charge >= 0.3 is 26.2 Å². The molecule has 0 aromatic rings. The second-order valence-electron chi connectivity index (χ2n) is 13.0. The van der Waals surface area contributed by atoms with Gasteiger partial charge in [0.05, 0.1) is 24.4 Å². The maximum atomic E-state index is 10.4. The van der Waals surface area contributed by atoms with Crippen LogP contribution in [0.2, 0.25) is 44.8 Å². The highest BCUT2D eigenvalue weighted by atomic mass is 28.5. The third-order valence-corrected chi connectivity index (χ3v) is 18.4. The number of rotatable bonds is 14. The molecule has 3 rings (SSSR count). The third kappa shape index (κ3) is 23.1. The molecule has 3 fully saturated rings. The Morgan fingerprint density at radius 1 is 0.562 bits per heavy atom. The molecule has 1 aliphatic heterocycles. The molecule has 0 amide bonds. The second kappa shape index (κ2) is 28.0. The van der Waals surface area contributed by atoms with Crippen LogP contribution in [0, 0.1) is 11.8 Å². The van der Waals surface area contributed by atoms with E-state index in [0.29, 0.717) is 37.0 Å². The highest BCUT2D eigenvalue weighted by Gasteiger charge is 2.45. The smallest absolute Gasteiger partial charge is 0.416 e. The molecular weight excluding hydrogens is 685 g/mol. The number of fused-ring (bicyclic) bond motifs is 1. The monoisotopic (exact) mass is 771 g/mol. The lowest BCUT2D eigenvalue weighted by atomic mass is 9.84. The molecule has 15 heteroatoms. The molecule has 2 aliphatic carbocycles. The number of ether oxygens (including phenoxy) is 1. The lowest BCUT2D eigenvalue weighted by Crippen LogP contribution is -2.49. The average molecular weight is 771 g/mol. The second-order valence-corrected chi connectivity index (χ2v) is 27.1. The minimum Gasteiger partial charge on any atom is -0.416 e. The largest absolute Gasteiger partial charge is 0.500 e. The zero-order valence-corrected chi connectivity index (χ0v) is 32.1. The molecule has 48 heavy (non-hydrogen) atoms. The van der Waals surface area contributed by atoms with E-state index in [1.807, 2.05) is 32.7 Å². The Labute approximate surface area is 303 Å². The Balaban J connectivity index is -0.000000140. The van der Waals surface area contributed by atoms with Crippen molar-refractivity contribution in [2.75, 3.05) is 42.7 Å². The summed E-state index contributed by atoms with van der Waals surface area (Å²) in [6.07, 6.45) is 7.69. The molecule has 0 radical (unpaired) electrons. The Kier molecular flexibility index (Phi) is 35.3. The molecule has 1 heterocycles. The summed E-state index contributed by atoms with van der Waals surface area (Å²) in [7, 11) is 1.01. The van der Waals surface area contributed by atoms with E-state index in [0.717, 1.165) is 31.2 Å². The average Bonchev–Trinajstić information content (AvgIpc) is 3.74. The molecular formula is C33H86O11Si4. The predicted octanol–water partition coefficient (Wildman–Crippen LogP) is 7.95. The molecule has 0 aromatic carbocycles. The van der Waals surface area contributed by atoms with E-state index >= 15 is 0 Å². The van der Waals surface area contributed by atoms with E-state index < -0.39 is 46.7 Å². The summed E-state index contributed by atoms with van der Waals surface area (Å²) in [6, 6.07) is 1.44. The van der Waals surface area contributed by atoms with Gasteiger partial charge < -0.3 is 50.4 Å². The number of hydrogen-bond donors (Lipinski definition) is 3. The summed E-state index contributed by atoms with van der Waals surface area (Å²) < 4.78 is 42.9. The minimum atomic E-state index is -3.06. The lowest BCUT2D eigenvalue weighted by molar-refractivity contribution is -0.0262. The van der Waals surface area contributed by atoms with Gasteiger partial charge in [0.25, 0.3) is 0 Å². The van der Waals surface area contributed by atoms with E-state index in [2.05, 4.69) is 0 Å². The number of hydrogen-bond acceptors (Lipinski definition) is 11. The quantitative estimate of drug-likeness (QED) is 0.117. The normalized spacial score (nSPS) is 25.6. The first kappa shape index (κ1) is 60.5. The Morgan fingerprint density at radius 3 is 1.40 bits per heavy atom. The van der Waals surface area contributed by atoms with Crippen LogP contribution >= 0.6 is 0 Å². The van der Waals surface area contributed by atoms with Crippen molar-refractivity contribution in [1.82, 2.24) is 0 Å². The van der Waals surface area contributed by atoms with Crippen molar-refractivity contribution < 1.29 is 50.4 Å². The molecule has 7 unspecified atom stereocenters. The number of epoxide rings is 1. The fourth-order valence-electron chi connectivity index (χ4n) is 5.31. The van der Waals surface area contributed by atoms with Gasteiger partial charge in [0, 0.05) is 54.7 Å². The van der Waals surface area contributed by atoms with Crippen LogP contribution in [0.1, 0.15) is 95.9 Å². The molecule has 0 bridgehead atoms. The minimum absolute atomic E-state index is 0. The van der Waals surface area contributed by atoms with Crippen LogP contribution in [0.15, 0.2) is 0 Å². The van der Waals surface area contributed by atoms with Crippen LogP contribution in [0.5, 0.6) is 0 Å². The van der Waals surface area contributed by atoms with Crippen molar-refractivity contribution in [3.8, 4) is 0 Å². The van der Waals surface area contributed by atoms with Gasteiger partial charge in [-0.1, -0.05) is 44.6 Å². The zero-order chi connectivity index (χ0) is 32.2. The van der Waals surface area contributed by atoms with Crippen LogP contribution in [-0.4, -0.2) is 117 Å². The zero-order valence-electron chi connectivity index (χ0n) is 28.1. The van der Waals surface area contributed by atoms with E-state index in [9.17, 15) is 15.0 Å². The van der Waals surface area contributed by atoms with E-state index in [1.54, 1.807) is 35.5 Å². The fraction of sp³-hybridized carbons (Fsp3) is 1.00. The van der Waals surface area contributed by atoms with Crippen molar-refractivity contribution in [1.29, 1.82) is 0 Å². The molecule has 2 saturated carbocycles. The Bertz CT molecular complexity index is 731. The van der Waals surface area contributed by atoms with Crippen molar-refractivity contribution in [3.05, 3.63) is 0 Å². The fourth-order valence-corrected chi connectivity index (χ4v) is 12.9. The molecule has 1 saturated heterocycles. The van der Waals surface area contributed by atoms with Crippen molar-refractivity contribution in [2.24, 2.45) is 11.8 Å². The Morgan fingerprint density at radius 2 is 1.02 bits per heavy atom. The van der Waals surface area contributed by atoms with Gasteiger partial charge in [-0.05, 0) is 95.9 Å². The summed E-state index contributed by atoms with van der Waals surface area (Å²) >= 11 is 0. The predicted molar refractivity (Wildman–Crippen MR) is 212 cm³/mol. The van der Waals surface area contributed by atoms with E-state index in [-0.39, 0.29) is 44.6 Å². The SMILES string of the molecule is C.C.C.C.C.C.CO[Si](C)(C)OC.CO[Si](CCC1CCC2OC2C1)(OC)OC.CO[Si](O)(CCC1CCC(O)C(O)C1)O[Si](C)(C)C. The van der Waals surface area contributed by atoms with Gasteiger partial charge in [-0.2, -0.15) is 0 Å². The molecule has 0 spiro atoms. The van der Waals surface area contributed by atoms with E-state index in [1.165, 1.54) is 26.4 Å². The van der Waals surface area contributed by atoms with Crippen molar-refractivity contribution >= 4 is 34.5 Å². The van der Waals surface area contributed by atoms with Crippen molar-refractivity contribution in [2.45, 2.75) is 165 Å². The van der Waals surface area contributed by atoms with E-state index in [4.69, 9.17) is 35.4 Å². The first-order valence-corrected chi connectivity index (χ1v) is 25.4. The summed E-state index contributed by atoms with van der Waals surface area (Å²) in [5.74, 6) is 1.09. The lowest BCUT2D eigenvalue weighted by Gasteiger charge is -2.33. The van der Waals surface area contributed by atoms with Crippen molar-refractivity contribution in [3.63, 3.8) is 0 Å². The highest BCUT2D eigenvalue weighted by molar-refractivity contribution is 6.79. The van der Waals surface area contributed by atoms with Crippen LogP contribution in [0.4, 0.5) is 0 Å². The first-order valence-electron chi connectivity index (χ1n) is 15.3. The van der Waals surface area contributed by atoms with Gasteiger partial charge in [-0.3, -0.25) is 0 Å².